The molecule has 0 spiro atoms. The first-order chi connectivity index (χ1) is 7.68. The van der Waals surface area contributed by atoms with Crippen molar-refractivity contribution in [3.63, 3.8) is 0 Å². The number of nitrogens with zero attached hydrogens (tertiary/aromatic N) is 1. The van der Waals surface area contributed by atoms with Gasteiger partial charge in [-0.3, -0.25) is 9.78 Å². The largest absolute Gasteiger partial charge is 0.292 e. The molecule has 0 atom stereocenters. The van der Waals surface area contributed by atoms with Gasteiger partial charge in [-0.05, 0) is 50.8 Å². The van der Waals surface area contributed by atoms with Gasteiger partial charge in [-0.1, -0.05) is 19.3 Å². The maximum absolute atomic E-state index is 12.2. The van der Waals surface area contributed by atoms with Crippen LogP contribution in [0.15, 0.2) is 21.2 Å². The Bertz CT molecular complexity index is 400. The molecule has 4 heteroatoms. The van der Waals surface area contributed by atoms with E-state index in [9.17, 15) is 4.79 Å². The van der Waals surface area contributed by atoms with E-state index in [0.29, 0.717) is 5.69 Å². The first-order valence-electron chi connectivity index (χ1n) is 5.54. The lowest BCUT2D eigenvalue weighted by Crippen LogP contribution is -2.19. The zero-order chi connectivity index (χ0) is 11.5. The quantitative estimate of drug-likeness (QED) is 0.744. The highest BCUT2D eigenvalue weighted by molar-refractivity contribution is 9.11. The molecule has 2 rings (SSSR count). The van der Waals surface area contributed by atoms with Crippen LogP contribution in [0.5, 0.6) is 0 Å². The monoisotopic (exact) mass is 345 g/mol. The Kier molecular flexibility index (Phi) is 4.14. The highest BCUT2D eigenvalue weighted by Crippen LogP contribution is 2.29. The normalized spacial score (nSPS) is 17.4. The highest BCUT2D eigenvalue weighted by atomic mass is 79.9. The van der Waals surface area contributed by atoms with Gasteiger partial charge in [0.25, 0.3) is 0 Å². The van der Waals surface area contributed by atoms with E-state index in [-0.39, 0.29) is 11.7 Å². The van der Waals surface area contributed by atoms with Crippen LogP contribution in [-0.4, -0.2) is 10.8 Å². The maximum atomic E-state index is 12.2. The molecule has 0 unspecified atom stereocenters. The van der Waals surface area contributed by atoms with E-state index in [4.69, 9.17) is 0 Å². The highest BCUT2D eigenvalue weighted by Gasteiger charge is 2.24. The number of aromatic nitrogens is 1. The van der Waals surface area contributed by atoms with Gasteiger partial charge < -0.3 is 0 Å². The van der Waals surface area contributed by atoms with E-state index in [1.54, 1.807) is 6.20 Å². The van der Waals surface area contributed by atoms with Crippen molar-refractivity contribution in [2.24, 2.45) is 5.92 Å². The third-order valence-electron chi connectivity index (χ3n) is 3.02. The number of hydrogen-bond donors (Lipinski definition) is 0. The standard InChI is InChI=1S/C12H13Br2NO/c13-9-6-10(14)11(15-7-9)12(16)8-4-2-1-3-5-8/h6-8H,1-5H2. The summed E-state index contributed by atoms with van der Waals surface area (Å²) >= 11 is 6.74. The van der Waals surface area contributed by atoms with E-state index in [0.717, 1.165) is 21.8 Å². The van der Waals surface area contributed by atoms with Crippen LogP contribution in [0.1, 0.15) is 42.6 Å². The fourth-order valence-corrected chi connectivity index (χ4v) is 3.34. The molecule has 0 aromatic carbocycles. The number of carbonyl (C=O) groups excluding carboxylic acids is 1. The SMILES string of the molecule is O=C(c1ncc(Br)cc1Br)C1CCCCC1. The Morgan fingerprint density at radius 1 is 1.25 bits per heavy atom. The van der Waals surface area contributed by atoms with Crippen molar-refractivity contribution in [3.8, 4) is 0 Å². The van der Waals surface area contributed by atoms with Gasteiger partial charge in [-0.15, -0.1) is 0 Å². The lowest BCUT2D eigenvalue weighted by atomic mass is 9.85. The van der Waals surface area contributed by atoms with Crippen LogP contribution in [-0.2, 0) is 0 Å². The minimum absolute atomic E-state index is 0.179. The van der Waals surface area contributed by atoms with Gasteiger partial charge in [0.15, 0.2) is 5.78 Å². The van der Waals surface area contributed by atoms with Gasteiger partial charge in [-0.2, -0.15) is 0 Å². The first-order valence-corrected chi connectivity index (χ1v) is 7.12. The second-order valence-electron chi connectivity index (χ2n) is 4.18. The second-order valence-corrected chi connectivity index (χ2v) is 5.95. The molecular formula is C12H13Br2NO. The Labute approximate surface area is 112 Å². The molecule has 0 amide bonds. The lowest BCUT2D eigenvalue weighted by Gasteiger charge is -2.20. The molecule has 1 heterocycles. The molecule has 0 N–H and O–H groups in total. The summed E-state index contributed by atoms with van der Waals surface area (Å²) in [4.78, 5) is 16.4. The number of ketones is 1. The summed E-state index contributed by atoms with van der Waals surface area (Å²) in [5.74, 6) is 0.373. The van der Waals surface area contributed by atoms with E-state index >= 15 is 0 Å². The number of rotatable bonds is 2. The Morgan fingerprint density at radius 2 is 1.94 bits per heavy atom. The van der Waals surface area contributed by atoms with Crippen LogP contribution in [0.3, 0.4) is 0 Å². The van der Waals surface area contributed by atoms with Crippen molar-refractivity contribution >= 4 is 37.6 Å². The number of pyridine rings is 1. The summed E-state index contributed by atoms with van der Waals surface area (Å²) < 4.78 is 1.68. The average Bonchev–Trinajstić information content (AvgIpc) is 2.29. The fraction of sp³-hybridized carbons (Fsp3) is 0.500. The molecule has 1 aliphatic rings. The molecular weight excluding hydrogens is 334 g/mol. The topological polar surface area (TPSA) is 30.0 Å². The van der Waals surface area contributed by atoms with Crippen molar-refractivity contribution in [1.29, 1.82) is 0 Å². The van der Waals surface area contributed by atoms with Gasteiger partial charge in [0, 0.05) is 21.1 Å². The summed E-state index contributed by atoms with van der Waals surface area (Å²) in [5.41, 5.74) is 0.579. The molecule has 1 aromatic heterocycles. The van der Waals surface area contributed by atoms with Crippen LogP contribution in [0, 0.1) is 5.92 Å². The van der Waals surface area contributed by atoms with Gasteiger partial charge in [0.2, 0.25) is 0 Å². The Balaban J connectivity index is 2.19. The summed E-state index contributed by atoms with van der Waals surface area (Å²) in [6, 6.07) is 1.88. The molecule has 1 saturated carbocycles. The van der Waals surface area contributed by atoms with Crippen LogP contribution in [0.2, 0.25) is 0 Å². The zero-order valence-corrected chi connectivity index (χ0v) is 12.1. The van der Waals surface area contributed by atoms with E-state index in [1.165, 1.54) is 19.3 Å². The van der Waals surface area contributed by atoms with Crippen LogP contribution < -0.4 is 0 Å². The fourth-order valence-electron chi connectivity index (χ4n) is 2.15. The number of halogens is 2. The lowest BCUT2D eigenvalue weighted by molar-refractivity contribution is 0.0883. The van der Waals surface area contributed by atoms with E-state index in [1.807, 2.05) is 6.07 Å². The van der Waals surface area contributed by atoms with Crippen LogP contribution in [0.25, 0.3) is 0 Å². The minimum atomic E-state index is 0.179. The molecule has 86 valence electrons. The zero-order valence-electron chi connectivity index (χ0n) is 8.88. The van der Waals surface area contributed by atoms with Gasteiger partial charge in [0.05, 0.1) is 0 Å². The van der Waals surface area contributed by atoms with Crippen molar-refractivity contribution in [1.82, 2.24) is 4.98 Å². The number of Topliss-reactive ketones (excluding diaryl/α,β-unsaturated/α-hetero) is 1. The Morgan fingerprint density at radius 3 is 2.56 bits per heavy atom. The van der Waals surface area contributed by atoms with Crippen molar-refractivity contribution in [2.45, 2.75) is 32.1 Å². The van der Waals surface area contributed by atoms with Gasteiger partial charge >= 0.3 is 0 Å². The molecule has 0 bridgehead atoms. The van der Waals surface area contributed by atoms with E-state index in [2.05, 4.69) is 36.8 Å². The van der Waals surface area contributed by atoms with Gasteiger partial charge in [-0.25, -0.2) is 0 Å². The molecule has 0 aliphatic heterocycles. The molecule has 1 fully saturated rings. The summed E-state index contributed by atoms with van der Waals surface area (Å²) in [6.45, 7) is 0. The average molecular weight is 347 g/mol. The van der Waals surface area contributed by atoms with Crippen LogP contribution in [0.4, 0.5) is 0 Å². The predicted octanol–water partition coefficient (Wildman–Crippen LogP) is 4.37. The number of hydrogen-bond acceptors (Lipinski definition) is 2. The minimum Gasteiger partial charge on any atom is -0.292 e. The van der Waals surface area contributed by atoms with Crippen molar-refractivity contribution in [3.05, 3.63) is 26.9 Å². The smallest absolute Gasteiger partial charge is 0.185 e. The van der Waals surface area contributed by atoms with E-state index < -0.39 is 0 Å². The molecule has 16 heavy (non-hydrogen) atoms. The van der Waals surface area contributed by atoms with Crippen LogP contribution >= 0.6 is 31.9 Å². The summed E-state index contributed by atoms with van der Waals surface area (Å²) in [5, 5.41) is 0. The summed E-state index contributed by atoms with van der Waals surface area (Å²) in [6.07, 6.45) is 7.32. The van der Waals surface area contributed by atoms with Gasteiger partial charge in [0.1, 0.15) is 5.69 Å². The third-order valence-corrected chi connectivity index (χ3v) is 4.06. The maximum Gasteiger partial charge on any atom is 0.185 e. The second kappa shape index (κ2) is 5.41. The number of carbonyl (C=O) groups is 1. The molecule has 1 aliphatic carbocycles. The molecule has 2 nitrogen and oxygen atoms in total. The molecule has 0 radical (unpaired) electrons. The van der Waals surface area contributed by atoms with Crippen molar-refractivity contribution < 1.29 is 4.79 Å². The first kappa shape index (κ1) is 12.2. The Hall–Kier alpha value is -0.220. The predicted molar refractivity (Wildman–Crippen MR) is 70.5 cm³/mol. The molecule has 0 saturated heterocycles. The molecule has 1 aromatic rings. The third kappa shape index (κ3) is 2.72. The van der Waals surface area contributed by atoms with Crippen molar-refractivity contribution in [2.75, 3.05) is 0 Å². The summed E-state index contributed by atoms with van der Waals surface area (Å²) in [7, 11) is 0.